The van der Waals surface area contributed by atoms with Crippen LogP contribution in [0.4, 0.5) is 0 Å². The molecule has 1 heterocycles. The molecule has 0 amide bonds. The lowest BCUT2D eigenvalue weighted by molar-refractivity contribution is -0.276. The van der Waals surface area contributed by atoms with Gasteiger partial charge < -0.3 is 24.4 Å². The summed E-state index contributed by atoms with van der Waals surface area (Å²) in [7, 11) is 0. The zero-order chi connectivity index (χ0) is 16.8. The number of benzene rings is 2. The van der Waals surface area contributed by atoms with Gasteiger partial charge in [0.15, 0.2) is 6.29 Å². The quantitative estimate of drug-likeness (QED) is 0.846. The highest BCUT2D eigenvalue weighted by atomic mass is 16.7. The van der Waals surface area contributed by atoms with Gasteiger partial charge in [-0.15, -0.1) is 0 Å². The van der Waals surface area contributed by atoms with Gasteiger partial charge in [-0.05, 0) is 11.1 Å². The molecule has 0 aliphatic carbocycles. The molecule has 2 aromatic rings. The first-order valence-electron chi connectivity index (χ1n) is 8.03. The molecule has 128 valence electrons. The lowest BCUT2D eigenvalue weighted by Gasteiger charge is -2.37. The lowest BCUT2D eigenvalue weighted by atomic mass is 10.0. The van der Waals surface area contributed by atoms with Gasteiger partial charge in [-0.25, -0.2) is 0 Å². The SMILES string of the molecule is O[C@@H]1[C@@H](OCc2ccccc2)[C@H](O)OC[C@H]1OCc1ccccc1. The summed E-state index contributed by atoms with van der Waals surface area (Å²) in [6, 6.07) is 19.3. The minimum Gasteiger partial charge on any atom is -0.387 e. The fourth-order valence-electron chi connectivity index (χ4n) is 2.64. The van der Waals surface area contributed by atoms with Crippen LogP contribution in [0.3, 0.4) is 0 Å². The van der Waals surface area contributed by atoms with E-state index in [1.165, 1.54) is 0 Å². The van der Waals surface area contributed by atoms with Crippen LogP contribution in [-0.2, 0) is 27.4 Å². The molecule has 0 saturated carbocycles. The zero-order valence-electron chi connectivity index (χ0n) is 13.3. The second kappa shape index (κ2) is 8.37. The van der Waals surface area contributed by atoms with Gasteiger partial charge in [-0.2, -0.15) is 0 Å². The highest BCUT2D eigenvalue weighted by Crippen LogP contribution is 2.21. The normalized spacial score (nSPS) is 27.1. The van der Waals surface area contributed by atoms with Crippen molar-refractivity contribution in [3.63, 3.8) is 0 Å². The predicted octanol–water partition coefficient (Wildman–Crippen LogP) is 1.87. The van der Waals surface area contributed by atoms with Crippen molar-refractivity contribution in [2.24, 2.45) is 0 Å². The molecule has 1 fully saturated rings. The van der Waals surface area contributed by atoms with E-state index in [1.54, 1.807) is 0 Å². The molecule has 0 bridgehead atoms. The van der Waals surface area contributed by atoms with Crippen molar-refractivity contribution in [1.82, 2.24) is 0 Å². The highest BCUT2D eigenvalue weighted by Gasteiger charge is 2.40. The first kappa shape index (κ1) is 17.1. The monoisotopic (exact) mass is 330 g/mol. The maximum absolute atomic E-state index is 10.5. The van der Waals surface area contributed by atoms with Crippen LogP contribution >= 0.6 is 0 Å². The van der Waals surface area contributed by atoms with Gasteiger partial charge >= 0.3 is 0 Å². The Labute approximate surface area is 141 Å². The Morgan fingerprint density at radius 3 is 1.96 bits per heavy atom. The van der Waals surface area contributed by atoms with Crippen molar-refractivity contribution < 1.29 is 24.4 Å². The highest BCUT2D eigenvalue weighted by molar-refractivity contribution is 5.14. The van der Waals surface area contributed by atoms with Crippen molar-refractivity contribution in [3.8, 4) is 0 Å². The van der Waals surface area contributed by atoms with E-state index in [2.05, 4.69) is 0 Å². The maximum Gasteiger partial charge on any atom is 0.183 e. The number of hydrogen-bond donors (Lipinski definition) is 2. The molecule has 1 aliphatic heterocycles. The van der Waals surface area contributed by atoms with Crippen LogP contribution in [0.5, 0.6) is 0 Å². The summed E-state index contributed by atoms with van der Waals surface area (Å²) in [4.78, 5) is 0. The van der Waals surface area contributed by atoms with Crippen molar-refractivity contribution in [2.45, 2.75) is 37.8 Å². The Morgan fingerprint density at radius 1 is 0.833 bits per heavy atom. The van der Waals surface area contributed by atoms with Crippen LogP contribution < -0.4 is 0 Å². The van der Waals surface area contributed by atoms with Crippen LogP contribution in [0.2, 0.25) is 0 Å². The molecular weight excluding hydrogens is 308 g/mol. The fraction of sp³-hybridized carbons (Fsp3) is 0.368. The molecule has 0 radical (unpaired) electrons. The second-order valence-corrected chi connectivity index (χ2v) is 5.81. The largest absolute Gasteiger partial charge is 0.387 e. The molecule has 1 saturated heterocycles. The topological polar surface area (TPSA) is 68.2 Å². The Hall–Kier alpha value is -1.76. The standard InChI is InChI=1S/C19H22O5/c20-17-16(22-11-14-7-3-1-4-8-14)13-24-19(21)18(17)23-12-15-9-5-2-6-10-15/h1-10,16-21H,11-13H2/t16-,17+,18-,19-/m1/s1. The van der Waals surface area contributed by atoms with Crippen LogP contribution in [0.1, 0.15) is 11.1 Å². The first-order chi connectivity index (χ1) is 11.7. The molecule has 3 rings (SSSR count). The third-order valence-corrected chi connectivity index (χ3v) is 4.02. The van der Waals surface area contributed by atoms with Gasteiger partial charge in [0.2, 0.25) is 0 Å². The van der Waals surface area contributed by atoms with E-state index in [9.17, 15) is 10.2 Å². The smallest absolute Gasteiger partial charge is 0.183 e. The van der Waals surface area contributed by atoms with E-state index in [0.717, 1.165) is 11.1 Å². The van der Waals surface area contributed by atoms with Crippen LogP contribution in [-0.4, -0.2) is 41.4 Å². The summed E-state index contributed by atoms with van der Waals surface area (Å²) in [6.45, 7) is 0.780. The van der Waals surface area contributed by atoms with Crippen molar-refractivity contribution >= 4 is 0 Å². The number of aliphatic hydroxyl groups is 2. The van der Waals surface area contributed by atoms with E-state index in [4.69, 9.17) is 14.2 Å². The number of hydrogen-bond acceptors (Lipinski definition) is 5. The summed E-state index contributed by atoms with van der Waals surface area (Å²) in [5.74, 6) is 0. The van der Waals surface area contributed by atoms with E-state index < -0.39 is 24.6 Å². The summed E-state index contributed by atoms with van der Waals surface area (Å²) < 4.78 is 16.7. The molecule has 2 aromatic carbocycles. The average molecular weight is 330 g/mol. The second-order valence-electron chi connectivity index (χ2n) is 5.81. The van der Waals surface area contributed by atoms with Gasteiger partial charge in [0.25, 0.3) is 0 Å². The first-order valence-corrected chi connectivity index (χ1v) is 8.03. The summed E-state index contributed by atoms with van der Waals surface area (Å²) in [6.07, 6.45) is -3.52. The number of aliphatic hydroxyl groups excluding tert-OH is 2. The Bertz CT molecular complexity index is 604. The minimum absolute atomic E-state index is 0.125. The van der Waals surface area contributed by atoms with Crippen molar-refractivity contribution in [3.05, 3.63) is 71.8 Å². The number of ether oxygens (including phenoxy) is 3. The predicted molar refractivity (Wildman–Crippen MR) is 88.0 cm³/mol. The molecule has 24 heavy (non-hydrogen) atoms. The Kier molecular flexibility index (Phi) is 5.96. The molecule has 0 unspecified atom stereocenters. The fourth-order valence-corrected chi connectivity index (χ4v) is 2.64. The van der Waals surface area contributed by atoms with Gasteiger partial charge in [0, 0.05) is 0 Å². The van der Waals surface area contributed by atoms with Crippen molar-refractivity contribution in [2.75, 3.05) is 6.61 Å². The molecule has 5 heteroatoms. The van der Waals surface area contributed by atoms with Crippen LogP contribution in [0, 0.1) is 0 Å². The lowest BCUT2D eigenvalue weighted by Crippen LogP contribution is -2.54. The Balaban J connectivity index is 1.55. The van der Waals surface area contributed by atoms with E-state index in [-0.39, 0.29) is 13.2 Å². The van der Waals surface area contributed by atoms with Gasteiger partial charge in [-0.3, -0.25) is 0 Å². The summed E-state index contributed by atoms with van der Waals surface area (Å²) in [5, 5.41) is 20.4. The molecule has 2 N–H and O–H groups in total. The summed E-state index contributed by atoms with van der Waals surface area (Å²) in [5.41, 5.74) is 1.97. The van der Waals surface area contributed by atoms with Gasteiger partial charge in [0.05, 0.1) is 19.8 Å². The molecule has 0 spiro atoms. The molecule has 1 aliphatic rings. The third kappa shape index (κ3) is 4.41. The molecule has 4 atom stereocenters. The van der Waals surface area contributed by atoms with Gasteiger partial charge in [0.1, 0.15) is 18.3 Å². The third-order valence-electron chi connectivity index (χ3n) is 4.02. The molecular formula is C19H22O5. The zero-order valence-corrected chi connectivity index (χ0v) is 13.3. The minimum atomic E-state index is -1.17. The summed E-state index contributed by atoms with van der Waals surface area (Å²) >= 11 is 0. The van der Waals surface area contributed by atoms with Crippen LogP contribution in [0.15, 0.2) is 60.7 Å². The van der Waals surface area contributed by atoms with Crippen molar-refractivity contribution in [1.29, 1.82) is 0 Å². The maximum atomic E-state index is 10.5. The Morgan fingerprint density at radius 2 is 1.38 bits per heavy atom. The van der Waals surface area contributed by atoms with E-state index in [1.807, 2.05) is 60.7 Å². The average Bonchev–Trinajstić information content (AvgIpc) is 2.63. The van der Waals surface area contributed by atoms with Crippen LogP contribution in [0.25, 0.3) is 0 Å². The van der Waals surface area contributed by atoms with E-state index >= 15 is 0 Å². The van der Waals surface area contributed by atoms with Gasteiger partial charge in [-0.1, -0.05) is 60.7 Å². The molecule has 5 nitrogen and oxygen atoms in total. The number of rotatable bonds is 6. The van der Waals surface area contributed by atoms with E-state index in [0.29, 0.717) is 6.61 Å². The molecule has 0 aromatic heterocycles.